The Balaban J connectivity index is 2.15. The summed E-state index contributed by atoms with van der Waals surface area (Å²) in [6.07, 6.45) is 1.03. The molecule has 0 aliphatic rings. The van der Waals surface area contributed by atoms with Gasteiger partial charge >= 0.3 is 0 Å². The maximum Gasteiger partial charge on any atom is 0.146 e. The van der Waals surface area contributed by atoms with Crippen molar-refractivity contribution >= 4 is 28.6 Å². The molecule has 0 saturated heterocycles. The lowest BCUT2D eigenvalue weighted by Crippen LogP contribution is -2.06. The molecule has 1 atom stereocenters. The minimum atomic E-state index is -0.279. The van der Waals surface area contributed by atoms with Gasteiger partial charge in [0.25, 0.3) is 0 Å². The van der Waals surface area contributed by atoms with Crippen LogP contribution in [0.3, 0.4) is 0 Å². The predicted molar refractivity (Wildman–Crippen MR) is 77.1 cm³/mol. The standard InChI is InChI=1S/C14H15ClFNS/c1-3-11-5-7-14(18-11)9(2)17-13-8-10(15)4-6-12(13)16/h4-9,17H,3H2,1-2H3. The highest BCUT2D eigenvalue weighted by atomic mass is 35.5. The third-order valence-electron chi connectivity index (χ3n) is 2.76. The lowest BCUT2D eigenvalue weighted by Gasteiger charge is -2.14. The summed E-state index contributed by atoms with van der Waals surface area (Å²) in [5, 5.41) is 3.69. The molecule has 0 fully saturated rings. The molecule has 18 heavy (non-hydrogen) atoms. The molecule has 1 aromatic carbocycles. The first-order valence-electron chi connectivity index (χ1n) is 5.90. The third kappa shape index (κ3) is 3.03. The lowest BCUT2D eigenvalue weighted by molar-refractivity contribution is 0.628. The molecule has 96 valence electrons. The average Bonchev–Trinajstić information content (AvgIpc) is 2.82. The molecular weight excluding hydrogens is 269 g/mol. The summed E-state index contributed by atoms with van der Waals surface area (Å²) in [5.74, 6) is -0.279. The summed E-state index contributed by atoms with van der Waals surface area (Å²) in [5.41, 5.74) is 0.446. The summed E-state index contributed by atoms with van der Waals surface area (Å²) >= 11 is 7.62. The van der Waals surface area contributed by atoms with Gasteiger partial charge in [0, 0.05) is 14.8 Å². The molecule has 0 spiro atoms. The molecule has 2 aromatic rings. The normalized spacial score (nSPS) is 12.4. The molecule has 0 radical (unpaired) electrons. The molecule has 4 heteroatoms. The highest BCUT2D eigenvalue weighted by molar-refractivity contribution is 7.12. The van der Waals surface area contributed by atoms with E-state index in [1.165, 1.54) is 15.8 Å². The van der Waals surface area contributed by atoms with Crippen molar-refractivity contribution in [3.05, 3.63) is 50.9 Å². The molecule has 1 nitrogen and oxygen atoms in total. The highest BCUT2D eigenvalue weighted by Crippen LogP contribution is 2.28. The Bertz CT molecular complexity index is 538. The topological polar surface area (TPSA) is 12.0 Å². The molecule has 0 saturated carbocycles. The summed E-state index contributed by atoms with van der Waals surface area (Å²) < 4.78 is 13.6. The molecular formula is C14H15ClFNS. The number of thiophene rings is 1. The van der Waals surface area contributed by atoms with Crippen LogP contribution in [0.25, 0.3) is 0 Å². The van der Waals surface area contributed by atoms with Crippen molar-refractivity contribution < 1.29 is 4.39 Å². The van der Waals surface area contributed by atoms with Crippen LogP contribution in [0.2, 0.25) is 5.02 Å². The van der Waals surface area contributed by atoms with Crippen molar-refractivity contribution in [3.63, 3.8) is 0 Å². The second kappa shape index (κ2) is 5.72. The number of hydrogen-bond acceptors (Lipinski definition) is 2. The van der Waals surface area contributed by atoms with Gasteiger partial charge in [0.1, 0.15) is 5.82 Å². The maximum atomic E-state index is 13.6. The summed E-state index contributed by atoms with van der Waals surface area (Å²) in [7, 11) is 0. The van der Waals surface area contributed by atoms with Gasteiger partial charge in [-0.05, 0) is 43.7 Å². The van der Waals surface area contributed by atoms with Crippen LogP contribution in [0, 0.1) is 5.82 Å². The molecule has 0 aliphatic carbocycles. The van der Waals surface area contributed by atoms with E-state index in [2.05, 4.69) is 24.4 Å². The van der Waals surface area contributed by atoms with Crippen molar-refractivity contribution in [1.82, 2.24) is 0 Å². The van der Waals surface area contributed by atoms with Crippen LogP contribution in [-0.4, -0.2) is 0 Å². The summed E-state index contributed by atoms with van der Waals surface area (Å²) in [4.78, 5) is 2.54. The van der Waals surface area contributed by atoms with Gasteiger partial charge in [0.05, 0.1) is 11.7 Å². The number of hydrogen-bond donors (Lipinski definition) is 1. The van der Waals surface area contributed by atoms with E-state index >= 15 is 0 Å². The second-order valence-corrected chi connectivity index (χ2v) is 5.78. The van der Waals surface area contributed by atoms with E-state index in [9.17, 15) is 4.39 Å². The molecule has 1 N–H and O–H groups in total. The van der Waals surface area contributed by atoms with Gasteiger partial charge in [-0.1, -0.05) is 18.5 Å². The number of aryl methyl sites for hydroxylation is 1. The fourth-order valence-electron chi connectivity index (χ4n) is 1.73. The minimum absolute atomic E-state index is 0.0725. The van der Waals surface area contributed by atoms with Gasteiger partial charge in [-0.25, -0.2) is 4.39 Å². The van der Waals surface area contributed by atoms with E-state index in [-0.39, 0.29) is 11.9 Å². The predicted octanol–water partition coefficient (Wildman–Crippen LogP) is 5.28. The van der Waals surface area contributed by atoms with Gasteiger partial charge in [-0.15, -0.1) is 11.3 Å². The van der Waals surface area contributed by atoms with Crippen molar-refractivity contribution in [2.45, 2.75) is 26.3 Å². The number of halogens is 2. The van der Waals surface area contributed by atoms with Crippen LogP contribution in [0.1, 0.15) is 29.6 Å². The quantitative estimate of drug-likeness (QED) is 0.805. The Labute approximate surface area is 116 Å². The van der Waals surface area contributed by atoms with Gasteiger partial charge in [-0.3, -0.25) is 0 Å². The van der Waals surface area contributed by atoms with E-state index in [1.54, 1.807) is 23.5 Å². The highest BCUT2D eigenvalue weighted by Gasteiger charge is 2.11. The van der Waals surface area contributed by atoms with Crippen LogP contribution in [0.4, 0.5) is 10.1 Å². The number of benzene rings is 1. The van der Waals surface area contributed by atoms with Gasteiger partial charge < -0.3 is 5.32 Å². The SMILES string of the molecule is CCc1ccc(C(C)Nc2cc(Cl)ccc2F)s1. The smallest absolute Gasteiger partial charge is 0.146 e. The van der Waals surface area contributed by atoms with E-state index in [1.807, 2.05) is 6.92 Å². The maximum absolute atomic E-state index is 13.6. The van der Waals surface area contributed by atoms with Crippen LogP contribution < -0.4 is 5.32 Å². The first-order chi connectivity index (χ1) is 8.60. The number of nitrogens with one attached hydrogen (secondary N) is 1. The van der Waals surface area contributed by atoms with Crippen LogP contribution >= 0.6 is 22.9 Å². The largest absolute Gasteiger partial charge is 0.375 e. The summed E-state index contributed by atoms with van der Waals surface area (Å²) in [6, 6.07) is 8.82. The monoisotopic (exact) mass is 283 g/mol. The van der Waals surface area contributed by atoms with Gasteiger partial charge in [0.15, 0.2) is 0 Å². The molecule has 1 aromatic heterocycles. The fraction of sp³-hybridized carbons (Fsp3) is 0.286. The van der Waals surface area contributed by atoms with Crippen LogP contribution in [-0.2, 0) is 6.42 Å². The van der Waals surface area contributed by atoms with Gasteiger partial charge in [0.2, 0.25) is 0 Å². The molecule has 2 rings (SSSR count). The van der Waals surface area contributed by atoms with Crippen molar-refractivity contribution in [3.8, 4) is 0 Å². The zero-order valence-electron chi connectivity index (χ0n) is 10.3. The first-order valence-corrected chi connectivity index (χ1v) is 7.09. The number of anilines is 1. The lowest BCUT2D eigenvalue weighted by atomic mass is 10.2. The van der Waals surface area contributed by atoms with Crippen LogP contribution in [0.15, 0.2) is 30.3 Å². The molecule has 0 aliphatic heterocycles. The molecule has 1 heterocycles. The third-order valence-corrected chi connectivity index (χ3v) is 4.41. The number of rotatable bonds is 4. The van der Waals surface area contributed by atoms with Crippen LogP contribution in [0.5, 0.6) is 0 Å². The Morgan fingerprint density at radius 1 is 1.33 bits per heavy atom. The fourth-order valence-corrected chi connectivity index (χ4v) is 2.86. The second-order valence-electron chi connectivity index (χ2n) is 4.15. The van der Waals surface area contributed by atoms with Gasteiger partial charge in [-0.2, -0.15) is 0 Å². The van der Waals surface area contributed by atoms with E-state index < -0.39 is 0 Å². The minimum Gasteiger partial charge on any atom is -0.375 e. The Morgan fingerprint density at radius 3 is 2.78 bits per heavy atom. The molecule has 0 amide bonds. The molecule has 0 bridgehead atoms. The Morgan fingerprint density at radius 2 is 2.11 bits per heavy atom. The zero-order chi connectivity index (χ0) is 13.1. The van der Waals surface area contributed by atoms with Crippen molar-refractivity contribution in [2.75, 3.05) is 5.32 Å². The molecule has 1 unspecified atom stereocenters. The summed E-state index contributed by atoms with van der Waals surface area (Å²) in [6.45, 7) is 4.15. The van der Waals surface area contributed by atoms with Crippen molar-refractivity contribution in [2.24, 2.45) is 0 Å². The van der Waals surface area contributed by atoms with E-state index in [0.29, 0.717) is 10.7 Å². The van der Waals surface area contributed by atoms with E-state index in [4.69, 9.17) is 11.6 Å². The first kappa shape index (κ1) is 13.4. The van der Waals surface area contributed by atoms with Crippen molar-refractivity contribution in [1.29, 1.82) is 0 Å². The average molecular weight is 284 g/mol. The van der Waals surface area contributed by atoms with E-state index in [0.717, 1.165) is 6.42 Å². The Kier molecular flexibility index (Phi) is 4.25. The Hall–Kier alpha value is -1.06. The zero-order valence-corrected chi connectivity index (χ0v) is 11.9.